The Morgan fingerprint density at radius 3 is 2.67 bits per heavy atom. The minimum Gasteiger partial charge on any atom is -0.224 e. The van der Waals surface area contributed by atoms with Gasteiger partial charge in [0.15, 0.2) is 9.84 Å². The summed E-state index contributed by atoms with van der Waals surface area (Å²) < 4.78 is 23.6. The molecule has 0 saturated carbocycles. The summed E-state index contributed by atoms with van der Waals surface area (Å²) >= 11 is 0. The molecule has 0 bridgehead atoms. The van der Waals surface area contributed by atoms with E-state index in [1.807, 2.05) is 19.1 Å². The molecule has 0 aliphatic rings. The highest BCUT2D eigenvalue weighted by molar-refractivity contribution is 7.91. The maximum Gasteiger partial charge on any atom is 0.179 e. The SMILES string of the molecule is Cc1cccc(S(=O)(=O)CC(C)C#N)c1. The summed E-state index contributed by atoms with van der Waals surface area (Å²) in [6.45, 7) is 3.44. The number of nitrogens with zero attached hydrogens (tertiary/aromatic N) is 1. The van der Waals surface area contributed by atoms with Crippen LogP contribution in [0.1, 0.15) is 12.5 Å². The van der Waals surface area contributed by atoms with Gasteiger partial charge in [-0.2, -0.15) is 5.26 Å². The molecule has 0 aliphatic carbocycles. The molecule has 3 nitrogen and oxygen atoms in total. The second-order valence-corrected chi connectivity index (χ2v) is 5.66. The van der Waals surface area contributed by atoms with E-state index in [0.29, 0.717) is 4.90 Å². The van der Waals surface area contributed by atoms with E-state index in [1.54, 1.807) is 25.1 Å². The van der Waals surface area contributed by atoms with Crippen molar-refractivity contribution in [1.29, 1.82) is 5.26 Å². The molecule has 1 atom stereocenters. The highest BCUT2D eigenvalue weighted by Crippen LogP contribution is 2.15. The minimum absolute atomic E-state index is 0.118. The van der Waals surface area contributed by atoms with E-state index < -0.39 is 15.8 Å². The summed E-state index contributed by atoms with van der Waals surface area (Å²) in [4.78, 5) is 0.296. The molecule has 15 heavy (non-hydrogen) atoms. The van der Waals surface area contributed by atoms with Crippen molar-refractivity contribution in [1.82, 2.24) is 0 Å². The largest absolute Gasteiger partial charge is 0.224 e. The molecular weight excluding hydrogens is 210 g/mol. The zero-order valence-corrected chi connectivity index (χ0v) is 9.58. The molecule has 0 aliphatic heterocycles. The van der Waals surface area contributed by atoms with Gasteiger partial charge in [-0.1, -0.05) is 12.1 Å². The van der Waals surface area contributed by atoms with Crippen molar-refractivity contribution in [3.05, 3.63) is 29.8 Å². The van der Waals surface area contributed by atoms with Gasteiger partial charge >= 0.3 is 0 Å². The number of aryl methyl sites for hydroxylation is 1. The Bertz CT molecular complexity index is 486. The molecule has 0 aromatic heterocycles. The lowest BCUT2D eigenvalue weighted by molar-refractivity contribution is 0.589. The Morgan fingerprint density at radius 2 is 2.13 bits per heavy atom. The second kappa shape index (κ2) is 4.45. The molecule has 0 spiro atoms. The number of hydrogen-bond acceptors (Lipinski definition) is 3. The van der Waals surface area contributed by atoms with Crippen LogP contribution < -0.4 is 0 Å². The van der Waals surface area contributed by atoms with Crippen molar-refractivity contribution >= 4 is 9.84 Å². The standard InChI is InChI=1S/C11H13NO2S/c1-9-4-3-5-11(6-9)15(13,14)8-10(2)7-12/h3-6,10H,8H2,1-2H3. The topological polar surface area (TPSA) is 57.9 Å². The van der Waals surface area contributed by atoms with Crippen molar-refractivity contribution in [2.45, 2.75) is 18.7 Å². The monoisotopic (exact) mass is 223 g/mol. The summed E-state index contributed by atoms with van der Waals surface area (Å²) in [6, 6.07) is 8.66. The smallest absolute Gasteiger partial charge is 0.179 e. The quantitative estimate of drug-likeness (QED) is 0.786. The van der Waals surface area contributed by atoms with Gasteiger partial charge in [0, 0.05) is 0 Å². The van der Waals surface area contributed by atoms with Crippen LogP contribution in [0.5, 0.6) is 0 Å². The highest BCUT2D eigenvalue weighted by Gasteiger charge is 2.17. The Kier molecular flexibility index (Phi) is 3.48. The van der Waals surface area contributed by atoms with Crippen molar-refractivity contribution < 1.29 is 8.42 Å². The van der Waals surface area contributed by atoms with Crippen LogP contribution in [0.25, 0.3) is 0 Å². The highest BCUT2D eigenvalue weighted by atomic mass is 32.2. The van der Waals surface area contributed by atoms with Gasteiger partial charge in [0.25, 0.3) is 0 Å². The Hall–Kier alpha value is -1.34. The average Bonchev–Trinajstić information content (AvgIpc) is 2.17. The number of sulfone groups is 1. The molecule has 4 heteroatoms. The third-order valence-corrected chi connectivity index (χ3v) is 3.95. The van der Waals surface area contributed by atoms with Crippen LogP contribution in [-0.4, -0.2) is 14.2 Å². The van der Waals surface area contributed by atoms with Crippen LogP contribution in [0.2, 0.25) is 0 Å². The number of benzene rings is 1. The van der Waals surface area contributed by atoms with Crippen LogP contribution in [0.4, 0.5) is 0 Å². The number of nitriles is 1. The molecule has 0 saturated heterocycles. The third kappa shape index (κ3) is 3.07. The fourth-order valence-corrected chi connectivity index (χ4v) is 2.85. The van der Waals surface area contributed by atoms with Gasteiger partial charge in [0.05, 0.1) is 22.6 Å². The van der Waals surface area contributed by atoms with Gasteiger partial charge < -0.3 is 0 Å². The molecule has 1 aromatic rings. The van der Waals surface area contributed by atoms with Crippen LogP contribution in [-0.2, 0) is 9.84 Å². The van der Waals surface area contributed by atoms with Crippen LogP contribution in [0.3, 0.4) is 0 Å². The Balaban J connectivity index is 3.03. The number of rotatable bonds is 3. The lowest BCUT2D eigenvalue weighted by Gasteiger charge is -2.05. The van der Waals surface area contributed by atoms with Crippen molar-refractivity contribution in [3.63, 3.8) is 0 Å². The molecule has 0 fully saturated rings. The van der Waals surface area contributed by atoms with E-state index in [4.69, 9.17) is 5.26 Å². The summed E-state index contributed by atoms with van der Waals surface area (Å²) in [6.07, 6.45) is 0. The summed E-state index contributed by atoms with van der Waals surface area (Å²) in [5.74, 6) is -0.594. The summed E-state index contributed by atoms with van der Waals surface area (Å²) in [5, 5.41) is 8.59. The van der Waals surface area contributed by atoms with Crippen LogP contribution >= 0.6 is 0 Å². The zero-order chi connectivity index (χ0) is 11.5. The van der Waals surface area contributed by atoms with E-state index in [0.717, 1.165) is 5.56 Å². The van der Waals surface area contributed by atoms with E-state index in [-0.39, 0.29) is 5.75 Å². The van der Waals surface area contributed by atoms with Gasteiger partial charge in [-0.15, -0.1) is 0 Å². The molecule has 0 N–H and O–H groups in total. The van der Waals surface area contributed by atoms with Crippen molar-refractivity contribution in [3.8, 4) is 6.07 Å². The first kappa shape index (κ1) is 11.7. The van der Waals surface area contributed by atoms with E-state index in [9.17, 15) is 8.42 Å². The fraction of sp³-hybridized carbons (Fsp3) is 0.364. The van der Waals surface area contributed by atoms with E-state index in [2.05, 4.69) is 0 Å². The summed E-state index contributed by atoms with van der Waals surface area (Å²) in [7, 11) is -3.32. The molecule has 1 aromatic carbocycles. The van der Waals surface area contributed by atoms with Crippen LogP contribution in [0.15, 0.2) is 29.2 Å². The normalized spacial score (nSPS) is 13.1. The first-order valence-corrected chi connectivity index (χ1v) is 6.30. The maximum absolute atomic E-state index is 11.8. The molecular formula is C11H13NO2S. The fourth-order valence-electron chi connectivity index (χ4n) is 1.27. The van der Waals surface area contributed by atoms with Crippen LogP contribution in [0, 0.1) is 24.2 Å². The van der Waals surface area contributed by atoms with E-state index in [1.165, 1.54) is 0 Å². The average molecular weight is 223 g/mol. The predicted octanol–water partition coefficient (Wildman–Crippen LogP) is 1.93. The molecule has 80 valence electrons. The van der Waals surface area contributed by atoms with Crippen molar-refractivity contribution in [2.75, 3.05) is 5.75 Å². The molecule has 0 radical (unpaired) electrons. The summed E-state index contributed by atoms with van der Waals surface area (Å²) in [5.41, 5.74) is 0.903. The van der Waals surface area contributed by atoms with Gasteiger partial charge in [-0.05, 0) is 31.5 Å². The van der Waals surface area contributed by atoms with Gasteiger partial charge in [-0.3, -0.25) is 0 Å². The Morgan fingerprint density at radius 1 is 1.47 bits per heavy atom. The first-order chi connectivity index (χ1) is 6.95. The maximum atomic E-state index is 11.8. The molecule has 1 rings (SSSR count). The first-order valence-electron chi connectivity index (χ1n) is 4.65. The predicted molar refractivity (Wildman–Crippen MR) is 58.0 cm³/mol. The second-order valence-electron chi connectivity index (χ2n) is 3.63. The Labute approximate surface area is 90.3 Å². The zero-order valence-electron chi connectivity index (χ0n) is 8.77. The molecule has 1 unspecified atom stereocenters. The molecule has 0 heterocycles. The lowest BCUT2D eigenvalue weighted by atomic mass is 10.2. The van der Waals surface area contributed by atoms with Gasteiger partial charge in [0.1, 0.15) is 0 Å². The van der Waals surface area contributed by atoms with Gasteiger partial charge in [0.2, 0.25) is 0 Å². The lowest BCUT2D eigenvalue weighted by Crippen LogP contribution is -2.12. The van der Waals surface area contributed by atoms with E-state index >= 15 is 0 Å². The van der Waals surface area contributed by atoms with Gasteiger partial charge in [-0.25, -0.2) is 8.42 Å². The van der Waals surface area contributed by atoms with Crippen molar-refractivity contribution in [2.24, 2.45) is 5.92 Å². The molecule has 0 amide bonds. The third-order valence-electron chi connectivity index (χ3n) is 2.04. The number of hydrogen-bond donors (Lipinski definition) is 0. The minimum atomic E-state index is -3.32.